The molecule has 1 atom stereocenters. The summed E-state index contributed by atoms with van der Waals surface area (Å²) < 4.78 is 1.37. The first-order chi connectivity index (χ1) is 16.0. The summed E-state index contributed by atoms with van der Waals surface area (Å²) in [6, 6.07) is 9.95. The van der Waals surface area contributed by atoms with Crippen molar-refractivity contribution in [2.24, 2.45) is 0 Å². The second-order valence-electron chi connectivity index (χ2n) is 8.91. The van der Waals surface area contributed by atoms with Crippen LogP contribution in [0.15, 0.2) is 42.7 Å². The third kappa shape index (κ3) is 4.30. The zero-order valence-corrected chi connectivity index (χ0v) is 19.1. The van der Waals surface area contributed by atoms with E-state index in [0.717, 1.165) is 42.0 Å². The molecule has 2 aliphatic rings. The van der Waals surface area contributed by atoms with Gasteiger partial charge < -0.3 is 0 Å². The molecule has 1 amide bonds. The van der Waals surface area contributed by atoms with Crippen molar-refractivity contribution in [2.75, 3.05) is 18.0 Å². The van der Waals surface area contributed by atoms with Crippen molar-refractivity contribution in [1.82, 2.24) is 24.6 Å². The Bertz CT molecular complexity index is 1170. The van der Waals surface area contributed by atoms with Crippen LogP contribution < -0.4 is 4.90 Å². The Morgan fingerprint density at radius 1 is 1.12 bits per heavy atom. The summed E-state index contributed by atoms with van der Waals surface area (Å²) in [4.78, 5) is 39.2. The molecule has 1 unspecified atom stereocenters. The lowest BCUT2D eigenvalue weighted by atomic mass is 10.0. The largest absolute Gasteiger partial charge is 0.292 e. The molecular weight excluding hydrogens is 416 g/mol. The van der Waals surface area contributed by atoms with Crippen molar-refractivity contribution < 1.29 is 9.59 Å². The van der Waals surface area contributed by atoms with E-state index in [2.05, 4.69) is 41.2 Å². The van der Waals surface area contributed by atoms with Crippen molar-refractivity contribution in [1.29, 1.82) is 0 Å². The molecule has 0 saturated carbocycles. The molecule has 3 aromatic rings. The zero-order chi connectivity index (χ0) is 22.9. The van der Waals surface area contributed by atoms with Gasteiger partial charge >= 0.3 is 0 Å². The number of anilines is 1. The van der Waals surface area contributed by atoms with Gasteiger partial charge in [-0.25, -0.2) is 14.6 Å². The smallest absolute Gasteiger partial charge is 0.261 e. The maximum atomic E-state index is 12.9. The van der Waals surface area contributed by atoms with Gasteiger partial charge in [-0.1, -0.05) is 29.8 Å². The number of hydrogen-bond acceptors (Lipinski definition) is 6. The lowest BCUT2D eigenvalue weighted by Crippen LogP contribution is -2.37. The lowest BCUT2D eigenvalue weighted by Gasteiger charge is -2.31. The number of likely N-dealkylation sites (tertiary alicyclic amines) is 1. The molecular formula is C25H28N6O2. The molecule has 0 N–H and O–H groups in total. The molecule has 2 aliphatic heterocycles. The van der Waals surface area contributed by atoms with Gasteiger partial charge in [-0.2, -0.15) is 5.10 Å². The van der Waals surface area contributed by atoms with Crippen molar-refractivity contribution in [3.63, 3.8) is 0 Å². The zero-order valence-electron chi connectivity index (χ0n) is 19.1. The second-order valence-corrected chi connectivity index (χ2v) is 8.91. The summed E-state index contributed by atoms with van der Waals surface area (Å²) in [5.74, 6) is 1.43. The van der Waals surface area contributed by atoms with E-state index in [-0.39, 0.29) is 24.4 Å². The summed E-state index contributed by atoms with van der Waals surface area (Å²) in [5, 5.41) is 4.06. The summed E-state index contributed by atoms with van der Waals surface area (Å²) in [6.07, 6.45) is 6.27. The van der Waals surface area contributed by atoms with E-state index in [1.165, 1.54) is 10.2 Å². The standard InChI is InChI=1S/C25H28N6O2/c1-17-6-8-19(9-7-17)15-30-22(32)11-10-20-18(2)27-24(28-25(20)30)21-5-3-13-29(21)16-23(33)31-14-4-12-26-31/h4,6-9,12,14,21H,3,5,10-11,13,15-16H2,1-2H3. The maximum Gasteiger partial charge on any atom is 0.261 e. The predicted molar refractivity (Wildman–Crippen MR) is 124 cm³/mol. The Morgan fingerprint density at radius 2 is 1.94 bits per heavy atom. The van der Waals surface area contributed by atoms with Gasteiger partial charge in [-0.3, -0.25) is 19.4 Å². The molecule has 8 heteroatoms. The van der Waals surface area contributed by atoms with Crippen molar-refractivity contribution >= 4 is 17.6 Å². The first kappa shape index (κ1) is 21.5. The first-order valence-electron chi connectivity index (χ1n) is 11.5. The third-order valence-corrected chi connectivity index (χ3v) is 6.58. The van der Waals surface area contributed by atoms with Crippen LogP contribution >= 0.6 is 0 Å². The Kier molecular flexibility index (Phi) is 5.76. The highest BCUT2D eigenvalue weighted by Crippen LogP contribution is 2.35. The average Bonchev–Trinajstić information content (AvgIpc) is 3.49. The number of hydrogen-bond donors (Lipinski definition) is 0. The topological polar surface area (TPSA) is 84.2 Å². The van der Waals surface area contributed by atoms with Gasteiger partial charge in [0.05, 0.1) is 19.1 Å². The Hall–Kier alpha value is -3.39. The van der Waals surface area contributed by atoms with Crippen molar-refractivity contribution in [3.8, 4) is 0 Å². The fourth-order valence-corrected chi connectivity index (χ4v) is 4.76. The van der Waals surface area contributed by atoms with Crippen LogP contribution in [0.1, 0.15) is 58.3 Å². The Labute approximate surface area is 193 Å². The quantitative estimate of drug-likeness (QED) is 0.601. The van der Waals surface area contributed by atoms with Crippen LogP contribution in [0.4, 0.5) is 5.82 Å². The van der Waals surface area contributed by atoms with E-state index in [9.17, 15) is 9.59 Å². The second kappa shape index (κ2) is 8.86. The number of fused-ring (bicyclic) bond motifs is 1. The van der Waals surface area contributed by atoms with Crippen LogP contribution in [0.5, 0.6) is 0 Å². The maximum absolute atomic E-state index is 12.9. The molecule has 0 radical (unpaired) electrons. The number of carbonyl (C=O) groups is 2. The summed E-state index contributed by atoms with van der Waals surface area (Å²) in [5.41, 5.74) is 4.23. The molecule has 1 aromatic carbocycles. The molecule has 170 valence electrons. The number of aryl methyl sites for hydroxylation is 2. The van der Waals surface area contributed by atoms with Gasteiger partial charge in [-0.15, -0.1) is 0 Å². The number of amides is 1. The first-order valence-corrected chi connectivity index (χ1v) is 11.5. The molecule has 5 rings (SSSR count). The fraction of sp³-hybridized carbons (Fsp3) is 0.400. The highest BCUT2D eigenvalue weighted by molar-refractivity contribution is 5.95. The van der Waals surface area contributed by atoms with Gasteiger partial charge in [0.2, 0.25) is 5.91 Å². The van der Waals surface area contributed by atoms with E-state index in [4.69, 9.17) is 9.97 Å². The molecule has 0 bridgehead atoms. The number of nitrogens with zero attached hydrogens (tertiary/aromatic N) is 6. The highest BCUT2D eigenvalue weighted by atomic mass is 16.2. The Morgan fingerprint density at radius 3 is 2.70 bits per heavy atom. The van der Waals surface area contributed by atoms with E-state index in [0.29, 0.717) is 25.2 Å². The van der Waals surface area contributed by atoms with Crippen LogP contribution in [0.25, 0.3) is 0 Å². The number of benzene rings is 1. The van der Waals surface area contributed by atoms with E-state index >= 15 is 0 Å². The number of carbonyl (C=O) groups excluding carboxylic acids is 2. The Balaban J connectivity index is 1.44. The predicted octanol–water partition coefficient (Wildman–Crippen LogP) is 3.25. The molecule has 33 heavy (non-hydrogen) atoms. The van der Waals surface area contributed by atoms with Crippen LogP contribution in [0, 0.1) is 13.8 Å². The van der Waals surface area contributed by atoms with Gasteiger partial charge in [0.1, 0.15) is 11.6 Å². The SMILES string of the molecule is Cc1ccc(CN2C(=O)CCc3c(C)nc(C4CCCN4CC(=O)n4cccn4)nc32)cc1. The lowest BCUT2D eigenvalue weighted by molar-refractivity contribution is -0.119. The minimum atomic E-state index is -0.0715. The van der Waals surface area contributed by atoms with Crippen molar-refractivity contribution in [3.05, 3.63) is 70.9 Å². The van der Waals surface area contributed by atoms with Crippen LogP contribution in [-0.4, -0.2) is 49.6 Å². The third-order valence-electron chi connectivity index (χ3n) is 6.58. The highest BCUT2D eigenvalue weighted by Gasteiger charge is 2.34. The van der Waals surface area contributed by atoms with Gasteiger partial charge in [-0.05, 0) is 51.3 Å². The van der Waals surface area contributed by atoms with Gasteiger partial charge in [0, 0.05) is 30.1 Å². The molecule has 1 saturated heterocycles. The molecule has 2 aromatic heterocycles. The average molecular weight is 445 g/mol. The van der Waals surface area contributed by atoms with Crippen molar-refractivity contribution in [2.45, 2.75) is 52.1 Å². The van der Waals surface area contributed by atoms with Gasteiger partial charge in [0.15, 0.2) is 0 Å². The number of aromatic nitrogens is 4. The summed E-state index contributed by atoms with van der Waals surface area (Å²) in [7, 11) is 0. The monoisotopic (exact) mass is 444 g/mol. The van der Waals surface area contributed by atoms with Crippen LogP contribution in [0.3, 0.4) is 0 Å². The van der Waals surface area contributed by atoms with E-state index < -0.39 is 0 Å². The molecule has 8 nitrogen and oxygen atoms in total. The summed E-state index contributed by atoms with van der Waals surface area (Å²) in [6.45, 7) is 5.62. The molecule has 4 heterocycles. The van der Waals surface area contributed by atoms with Crippen LogP contribution in [-0.2, 0) is 17.8 Å². The number of rotatable bonds is 5. The van der Waals surface area contributed by atoms with Crippen LogP contribution in [0.2, 0.25) is 0 Å². The normalized spacial score (nSPS) is 18.5. The van der Waals surface area contributed by atoms with E-state index in [1.807, 2.05) is 6.92 Å². The van der Waals surface area contributed by atoms with Gasteiger partial charge in [0.25, 0.3) is 5.91 Å². The summed E-state index contributed by atoms with van der Waals surface area (Å²) >= 11 is 0. The molecule has 0 spiro atoms. The van der Waals surface area contributed by atoms with E-state index in [1.54, 1.807) is 23.4 Å². The molecule has 1 fully saturated rings. The minimum absolute atomic E-state index is 0.0493. The molecule has 0 aliphatic carbocycles. The fourth-order valence-electron chi connectivity index (χ4n) is 4.76. The minimum Gasteiger partial charge on any atom is -0.292 e.